The van der Waals surface area contributed by atoms with Gasteiger partial charge in [0.1, 0.15) is 0 Å². The zero-order valence-corrected chi connectivity index (χ0v) is 12.6. The summed E-state index contributed by atoms with van der Waals surface area (Å²) in [6.45, 7) is 4.49. The number of hydrogen-bond acceptors (Lipinski definition) is 2. The first-order chi connectivity index (χ1) is 9.63. The zero-order valence-electron chi connectivity index (χ0n) is 12.6. The molecule has 1 amide bonds. The Hall–Kier alpha value is -1.35. The minimum atomic E-state index is -0.332. The number of nitrogens with one attached hydrogen (secondary N) is 1. The molecule has 3 heteroatoms. The van der Waals surface area contributed by atoms with Crippen LogP contribution in [0.15, 0.2) is 30.3 Å². The molecule has 3 nitrogen and oxygen atoms in total. The molecule has 1 rings (SSSR count). The van der Waals surface area contributed by atoms with Gasteiger partial charge in [0.15, 0.2) is 0 Å². The third-order valence-electron chi connectivity index (χ3n) is 3.52. The van der Waals surface area contributed by atoms with Gasteiger partial charge in [-0.15, -0.1) is 0 Å². The summed E-state index contributed by atoms with van der Waals surface area (Å²) in [6.07, 6.45) is 4.18. The fraction of sp³-hybridized carbons (Fsp3) is 0.588. The van der Waals surface area contributed by atoms with Crippen LogP contribution in [0.5, 0.6) is 0 Å². The SMILES string of the molecule is CCCC[C@@H](CC[C@@H](C)O)C(=O)NCc1ccccc1. The van der Waals surface area contributed by atoms with Crippen molar-refractivity contribution in [2.45, 2.75) is 58.6 Å². The minimum Gasteiger partial charge on any atom is -0.393 e. The molecule has 0 saturated heterocycles. The number of aliphatic hydroxyl groups is 1. The highest BCUT2D eigenvalue weighted by molar-refractivity contribution is 5.78. The summed E-state index contributed by atoms with van der Waals surface area (Å²) in [5, 5.41) is 12.4. The summed E-state index contributed by atoms with van der Waals surface area (Å²) in [7, 11) is 0. The van der Waals surface area contributed by atoms with Gasteiger partial charge in [-0.25, -0.2) is 0 Å². The Morgan fingerprint density at radius 1 is 1.20 bits per heavy atom. The van der Waals surface area contributed by atoms with Crippen LogP contribution in [0.3, 0.4) is 0 Å². The van der Waals surface area contributed by atoms with E-state index in [1.807, 2.05) is 30.3 Å². The molecule has 0 heterocycles. The molecule has 112 valence electrons. The Morgan fingerprint density at radius 3 is 2.50 bits per heavy atom. The largest absolute Gasteiger partial charge is 0.393 e. The molecule has 2 atom stereocenters. The molecule has 0 saturated carbocycles. The number of unbranched alkanes of at least 4 members (excludes halogenated alkanes) is 1. The number of hydrogen-bond donors (Lipinski definition) is 2. The Morgan fingerprint density at radius 2 is 1.90 bits per heavy atom. The zero-order chi connectivity index (χ0) is 14.8. The fourth-order valence-electron chi connectivity index (χ4n) is 2.23. The van der Waals surface area contributed by atoms with Gasteiger partial charge in [0.25, 0.3) is 0 Å². The van der Waals surface area contributed by atoms with Crippen molar-refractivity contribution in [3.63, 3.8) is 0 Å². The normalized spacial score (nSPS) is 13.8. The molecular formula is C17H27NO2. The van der Waals surface area contributed by atoms with Crippen molar-refractivity contribution in [3.05, 3.63) is 35.9 Å². The van der Waals surface area contributed by atoms with Gasteiger partial charge in [-0.3, -0.25) is 4.79 Å². The van der Waals surface area contributed by atoms with Crippen LogP contribution in [0.1, 0.15) is 51.5 Å². The molecule has 1 aromatic carbocycles. The molecule has 0 unspecified atom stereocenters. The van der Waals surface area contributed by atoms with Crippen molar-refractivity contribution in [1.29, 1.82) is 0 Å². The number of carbonyl (C=O) groups excluding carboxylic acids is 1. The van der Waals surface area contributed by atoms with E-state index in [1.54, 1.807) is 6.92 Å². The molecule has 0 fully saturated rings. The van der Waals surface area contributed by atoms with Crippen molar-refractivity contribution in [3.8, 4) is 0 Å². The summed E-state index contributed by atoms with van der Waals surface area (Å²) in [5.74, 6) is 0.135. The Balaban J connectivity index is 2.44. The van der Waals surface area contributed by atoms with Crippen LogP contribution in [0, 0.1) is 5.92 Å². The van der Waals surface area contributed by atoms with Crippen LogP contribution in [0.25, 0.3) is 0 Å². The number of rotatable bonds is 9. The Kier molecular flexibility index (Phi) is 7.97. The monoisotopic (exact) mass is 277 g/mol. The maximum absolute atomic E-state index is 12.2. The van der Waals surface area contributed by atoms with E-state index in [0.29, 0.717) is 13.0 Å². The molecule has 0 aliphatic heterocycles. The fourth-order valence-corrected chi connectivity index (χ4v) is 2.23. The molecule has 0 spiro atoms. The van der Waals surface area contributed by atoms with Crippen LogP contribution < -0.4 is 5.32 Å². The number of benzene rings is 1. The quantitative estimate of drug-likeness (QED) is 0.728. The highest BCUT2D eigenvalue weighted by atomic mass is 16.3. The molecule has 1 aromatic rings. The standard InChI is InChI=1S/C17H27NO2/c1-3-4-10-16(12-11-14(2)19)17(20)18-13-15-8-6-5-7-9-15/h5-9,14,16,19H,3-4,10-13H2,1-2H3,(H,18,20)/t14-,16+/m1/s1. The van der Waals surface area contributed by atoms with Gasteiger partial charge in [0, 0.05) is 12.5 Å². The second-order valence-corrected chi connectivity index (χ2v) is 5.47. The molecule has 0 aliphatic rings. The van der Waals surface area contributed by atoms with Crippen LogP contribution in [-0.2, 0) is 11.3 Å². The summed E-state index contributed by atoms with van der Waals surface area (Å²) in [6, 6.07) is 9.94. The molecule has 0 radical (unpaired) electrons. The number of amides is 1. The lowest BCUT2D eigenvalue weighted by Gasteiger charge is -2.17. The van der Waals surface area contributed by atoms with Crippen molar-refractivity contribution in [2.24, 2.45) is 5.92 Å². The van der Waals surface area contributed by atoms with Gasteiger partial charge in [0.05, 0.1) is 6.10 Å². The molecule has 20 heavy (non-hydrogen) atoms. The van der Waals surface area contributed by atoms with Gasteiger partial charge in [0.2, 0.25) is 5.91 Å². The third kappa shape index (κ3) is 6.71. The summed E-state index contributed by atoms with van der Waals surface area (Å²) < 4.78 is 0. The number of aliphatic hydroxyl groups excluding tert-OH is 1. The molecule has 0 aromatic heterocycles. The van der Waals surface area contributed by atoms with Gasteiger partial charge < -0.3 is 10.4 Å². The van der Waals surface area contributed by atoms with Crippen LogP contribution in [0.2, 0.25) is 0 Å². The lowest BCUT2D eigenvalue weighted by atomic mass is 9.94. The predicted molar refractivity (Wildman–Crippen MR) is 82.2 cm³/mol. The first kappa shape index (κ1) is 16.7. The Bertz CT molecular complexity index is 376. The van der Waals surface area contributed by atoms with Crippen LogP contribution in [-0.4, -0.2) is 17.1 Å². The van der Waals surface area contributed by atoms with Crippen molar-refractivity contribution in [1.82, 2.24) is 5.32 Å². The highest BCUT2D eigenvalue weighted by Crippen LogP contribution is 2.17. The summed E-state index contributed by atoms with van der Waals surface area (Å²) in [4.78, 5) is 12.2. The van der Waals surface area contributed by atoms with Crippen molar-refractivity contribution in [2.75, 3.05) is 0 Å². The van der Waals surface area contributed by atoms with Gasteiger partial charge in [-0.05, 0) is 31.7 Å². The second kappa shape index (κ2) is 9.54. The average Bonchev–Trinajstić information content (AvgIpc) is 2.45. The van der Waals surface area contributed by atoms with E-state index >= 15 is 0 Å². The summed E-state index contributed by atoms with van der Waals surface area (Å²) >= 11 is 0. The molecule has 2 N–H and O–H groups in total. The maximum atomic E-state index is 12.2. The molecular weight excluding hydrogens is 250 g/mol. The lowest BCUT2D eigenvalue weighted by Crippen LogP contribution is -2.30. The lowest BCUT2D eigenvalue weighted by molar-refractivity contribution is -0.125. The van der Waals surface area contributed by atoms with Gasteiger partial charge in [-0.2, -0.15) is 0 Å². The van der Waals surface area contributed by atoms with Gasteiger partial charge in [-0.1, -0.05) is 50.1 Å². The van der Waals surface area contributed by atoms with Crippen molar-refractivity contribution >= 4 is 5.91 Å². The third-order valence-corrected chi connectivity index (χ3v) is 3.52. The molecule has 0 aliphatic carbocycles. The smallest absolute Gasteiger partial charge is 0.223 e. The van der Waals surface area contributed by atoms with Crippen molar-refractivity contribution < 1.29 is 9.90 Å². The van der Waals surface area contributed by atoms with E-state index in [-0.39, 0.29) is 17.9 Å². The van der Waals surface area contributed by atoms with Crippen LogP contribution >= 0.6 is 0 Å². The predicted octanol–water partition coefficient (Wildman–Crippen LogP) is 3.27. The first-order valence-electron chi connectivity index (χ1n) is 7.63. The molecule has 0 bridgehead atoms. The minimum absolute atomic E-state index is 0.0215. The second-order valence-electron chi connectivity index (χ2n) is 5.47. The summed E-state index contributed by atoms with van der Waals surface area (Å²) in [5.41, 5.74) is 1.12. The van der Waals surface area contributed by atoms with Gasteiger partial charge >= 0.3 is 0 Å². The highest BCUT2D eigenvalue weighted by Gasteiger charge is 2.18. The van der Waals surface area contributed by atoms with E-state index < -0.39 is 0 Å². The van der Waals surface area contributed by atoms with E-state index in [9.17, 15) is 9.90 Å². The van der Waals surface area contributed by atoms with E-state index in [2.05, 4.69) is 12.2 Å². The van der Waals surface area contributed by atoms with E-state index in [4.69, 9.17) is 0 Å². The van der Waals surface area contributed by atoms with E-state index in [1.165, 1.54) is 0 Å². The number of carbonyl (C=O) groups is 1. The van der Waals surface area contributed by atoms with E-state index in [0.717, 1.165) is 31.2 Å². The average molecular weight is 277 g/mol. The first-order valence-corrected chi connectivity index (χ1v) is 7.63. The van der Waals surface area contributed by atoms with Crippen LogP contribution in [0.4, 0.5) is 0 Å². The maximum Gasteiger partial charge on any atom is 0.223 e. The Labute approximate surface area is 122 Å². The topological polar surface area (TPSA) is 49.3 Å².